The van der Waals surface area contributed by atoms with Crippen molar-refractivity contribution in [2.75, 3.05) is 5.32 Å². The highest BCUT2D eigenvalue weighted by atomic mass is 15.4. The number of hydrogen-bond acceptors (Lipinski definition) is 4. The molecule has 1 atom stereocenters. The van der Waals surface area contributed by atoms with Crippen LogP contribution in [-0.4, -0.2) is 25.6 Å². The fraction of sp³-hybridized carbons (Fsp3) is 0.353. The largest absolute Gasteiger partial charge is 0.367 e. The summed E-state index contributed by atoms with van der Waals surface area (Å²) in [5, 5.41) is 7.89. The minimum atomic E-state index is 0.437. The molecule has 5 nitrogen and oxygen atoms in total. The van der Waals surface area contributed by atoms with E-state index in [1.807, 2.05) is 18.2 Å². The highest BCUT2D eigenvalue weighted by molar-refractivity contribution is 5.65. The highest BCUT2D eigenvalue weighted by Gasteiger charge is 2.24. The van der Waals surface area contributed by atoms with Crippen molar-refractivity contribution in [2.45, 2.75) is 32.2 Å². The van der Waals surface area contributed by atoms with E-state index >= 15 is 0 Å². The molecule has 0 spiro atoms. The molecule has 1 saturated carbocycles. The number of hydrogen-bond donors (Lipinski definition) is 1. The van der Waals surface area contributed by atoms with Crippen molar-refractivity contribution in [3.63, 3.8) is 0 Å². The topological polar surface area (TPSA) is 55.1 Å². The van der Waals surface area contributed by atoms with E-state index in [1.165, 1.54) is 19.3 Å². The second-order valence-corrected chi connectivity index (χ2v) is 5.99. The van der Waals surface area contributed by atoms with Gasteiger partial charge in [-0.3, -0.25) is 0 Å². The van der Waals surface area contributed by atoms with Crippen molar-refractivity contribution in [1.82, 2.24) is 19.6 Å². The van der Waals surface area contributed by atoms with Crippen molar-refractivity contribution in [1.29, 1.82) is 0 Å². The predicted molar refractivity (Wildman–Crippen MR) is 86.6 cm³/mol. The van der Waals surface area contributed by atoms with Crippen LogP contribution in [0, 0.1) is 5.92 Å². The fourth-order valence-corrected chi connectivity index (χ4v) is 2.96. The summed E-state index contributed by atoms with van der Waals surface area (Å²) in [5.74, 6) is 2.34. The third-order valence-corrected chi connectivity index (χ3v) is 4.55. The number of rotatable bonds is 4. The number of benzene rings is 1. The maximum Gasteiger partial charge on any atom is 0.254 e. The lowest BCUT2D eigenvalue weighted by Gasteiger charge is -2.32. The van der Waals surface area contributed by atoms with Crippen LogP contribution in [0.1, 0.15) is 26.2 Å². The van der Waals surface area contributed by atoms with Gasteiger partial charge in [-0.25, -0.2) is 4.98 Å². The van der Waals surface area contributed by atoms with Gasteiger partial charge in [0.25, 0.3) is 5.78 Å². The molecule has 1 unspecified atom stereocenters. The van der Waals surface area contributed by atoms with E-state index in [-0.39, 0.29) is 0 Å². The van der Waals surface area contributed by atoms with Crippen LogP contribution in [0.5, 0.6) is 0 Å². The molecule has 1 aliphatic carbocycles. The first kappa shape index (κ1) is 13.2. The second-order valence-electron chi connectivity index (χ2n) is 5.99. The summed E-state index contributed by atoms with van der Waals surface area (Å²) in [6.07, 6.45) is 5.52. The molecule has 1 fully saturated rings. The Morgan fingerprint density at radius 1 is 1.23 bits per heavy atom. The summed E-state index contributed by atoms with van der Waals surface area (Å²) in [7, 11) is 0. The van der Waals surface area contributed by atoms with Gasteiger partial charge in [0.1, 0.15) is 12.1 Å². The van der Waals surface area contributed by atoms with Crippen molar-refractivity contribution in [2.24, 2.45) is 5.92 Å². The molecular formula is C17H19N5. The molecule has 4 rings (SSSR count). The molecular weight excluding hydrogens is 274 g/mol. The highest BCUT2D eigenvalue weighted by Crippen LogP contribution is 2.31. The van der Waals surface area contributed by atoms with Crippen LogP contribution in [0.25, 0.3) is 17.0 Å². The molecule has 1 aliphatic rings. The second kappa shape index (κ2) is 5.40. The molecule has 1 aromatic carbocycles. The summed E-state index contributed by atoms with van der Waals surface area (Å²) in [4.78, 5) is 8.85. The average Bonchev–Trinajstić information content (AvgIpc) is 2.95. The molecule has 5 heteroatoms. The van der Waals surface area contributed by atoms with Gasteiger partial charge < -0.3 is 5.32 Å². The zero-order valence-corrected chi connectivity index (χ0v) is 12.6. The van der Waals surface area contributed by atoms with Crippen molar-refractivity contribution in [3.8, 4) is 11.3 Å². The SMILES string of the molecule is CC(Nc1cc(-c2ccccc2)nc2ncnn12)C1CCC1. The lowest BCUT2D eigenvalue weighted by Crippen LogP contribution is -2.31. The number of fused-ring (bicyclic) bond motifs is 1. The Hall–Kier alpha value is -2.43. The third-order valence-electron chi connectivity index (χ3n) is 4.55. The summed E-state index contributed by atoms with van der Waals surface area (Å²) in [6, 6.07) is 12.7. The fourth-order valence-electron chi connectivity index (χ4n) is 2.96. The zero-order valence-electron chi connectivity index (χ0n) is 12.6. The summed E-state index contributed by atoms with van der Waals surface area (Å²) >= 11 is 0. The molecule has 3 aromatic rings. The lowest BCUT2D eigenvalue weighted by molar-refractivity contribution is 0.284. The monoisotopic (exact) mass is 293 g/mol. The van der Waals surface area contributed by atoms with Gasteiger partial charge in [0.2, 0.25) is 0 Å². The number of aromatic nitrogens is 4. The van der Waals surface area contributed by atoms with Crippen LogP contribution in [0.2, 0.25) is 0 Å². The lowest BCUT2D eigenvalue weighted by atomic mass is 9.80. The molecule has 0 bridgehead atoms. The van der Waals surface area contributed by atoms with E-state index < -0.39 is 0 Å². The van der Waals surface area contributed by atoms with Crippen LogP contribution >= 0.6 is 0 Å². The molecule has 112 valence electrons. The minimum Gasteiger partial charge on any atom is -0.367 e. The molecule has 2 heterocycles. The Labute approximate surface area is 129 Å². The van der Waals surface area contributed by atoms with E-state index in [0.29, 0.717) is 11.8 Å². The minimum absolute atomic E-state index is 0.437. The van der Waals surface area contributed by atoms with Crippen molar-refractivity contribution < 1.29 is 0 Å². The Balaban J connectivity index is 1.74. The zero-order chi connectivity index (χ0) is 14.9. The first-order valence-corrected chi connectivity index (χ1v) is 7.84. The van der Waals surface area contributed by atoms with Crippen LogP contribution in [0.3, 0.4) is 0 Å². The van der Waals surface area contributed by atoms with Crippen LogP contribution in [0.15, 0.2) is 42.7 Å². The molecule has 0 saturated heterocycles. The summed E-state index contributed by atoms with van der Waals surface area (Å²) in [6.45, 7) is 2.25. The summed E-state index contributed by atoms with van der Waals surface area (Å²) < 4.78 is 1.78. The molecule has 0 radical (unpaired) electrons. The van der Waals surface area contributed by atoms with Gasteiger partial charge in [-0.1, -0.05) is 36.8 Å². The molecule has 0 aliphatic heterocycles. The van der Waals surface area contributed by atoms with Crippen molar-refractivity contribution >= 4 is 11.6 Å². The van der Waals surface area contributed by atoms with Gasteiger partial charge >= 0.3 is 0 Å². The van der Waals surface area contributed by atoms with E-state index in [9.17, 15) is 0 Å². The van der Waals surface area contributed by atoms with Crippen molar-refractivity contribution in [3.05, 3.63) is 42.7 Å². The Morgan fingerprint density at radius 2 is 2.05 bits per heavy atom. The smallest absolute Gasteiger partial charge is 0.254 e. The van der Waals surface area contributed by atoms with Gasteiger partial charge in [0.05, 0.1) is 5.69 Å². The van der Waals surface area contributed by atoms with E-state index in [2.05, 4.69) is 45.5 Å². The van der Waals surface area contributed by atoms with Crippen LogP contribution < -0.4 is 5.32 Å². The normalized spacial score (nSPS) is 16.4. The Morgan fingerprint density at radius 3 is 2.77 bits per heavy atom. The first-order valence-electron chi connectivity index (χ1n) is 7.84. The Bertz CT molecular complexity index is 776. The van der Waals surface area contributed by atoms with Gasteiger partial charge in [0.15, 0.2) is 0 Å². The van der Waals surface area contributed by atoms with Gasteiger partial charge in [-0.2, -0.15) is 14.6 Å². The van der Waals surface area contributed by atoms with Gasteiger partial charge in [-0.15, -0.1) is 0 Å². The number of nitrogens with zero attached hydrogens (tertiary/aromatic N) is 4. The average molecular weight is 293 g/mol. The van der Waals surface area contributed by atoms with Gasteiger partial charge in [-0.05, 0) is 25.7 Å². The maximum absolute atomic E-state index is 4.60. The predicted octanol–water partition coefficient (Wildman–Crippen LogP) is 3.39. The Kier molecular flexibility index (Phi) is 3.25. The third kappa shape index (κ3) is 2.32. The molecule has 2 aromatic heterocycles. The quantitative estimate of drug-likeness (QED) is 0.801. The van der Waals surface area contributed by atoms with Crippen LogP contribution in [-0.2, 0) is 0 Å². The van der Waals surface area contributed by atoms with Gasteiger partial charge in [0, 0.05) is 17.7 Å². The standard InChI is InChI=1S/C17H19N5/c1-12(13-8-5-9-13)20-16-10-15(14-6-3-2-4-7-14)21-17-18-11-19-22(16)17/h2-4,6-7,10-13,20H,5,8-9H2,1H3. The van der Waals surface area contributed by atoms with Crippen LogP contribution in [0.4, 0.5) is 5.82 Å². The number of anilines is 1. The molecule has 0 amide bonds. The maximum atomic E-state index is 4.60. The first-order chi connectivity index (χ1) is 10.8. The molecule has 22 heavy (non-hydrogen) atoms. The summed E-state index contributed by atoms with van der Waals surface area (Å²) in [5.41, 5.74) is 2.01. The van der Waals surface area contributed by atoms with E-state index in [1.54, 1.807) is 10.8 Å². The number of nitrogens with one attached hydrogen (secondary N) is 1. The van der Waals surface area contributed by atoms with E-state index in [4.69, 9.17) is 0 Å². The molecule has 1 N–H and O–H groups in total. The van der Waals surface area contributed by atoms with E-state index in [0.717, 1.165) is 23.0 Å².